The highest BCUT2D eigenvalue weighted by Gasteiger charge is 2.47. The number of nitrogens with two attached hydrogens (primary N) is 1. The van der Waals surface area contributed by atoms with Crippen LogP contribution in [0.5, 0.6) is 17.4 Å². The normalized spacial score (nSPS) is 19.8. The van der Waals surface area contributed by atoms with Crippen LogP contribution in [0.25, 0.3) is 0 Å². The standard InChI is InChI=1S/C21H21N3O3/c1-20(2,3)8-7-13-9-16-18(23-11-13)27-17-6-5-14(25-4)10-15(17)21(16)12-26-19(22)24-21/h5-6,9-11H,12H2,1-4H3,(H2,22,24). The molecule has 2 N–H and O–H groups in total. The second-order valence-corrected chi connectivity index (χ2v) is 7.64. The van der Waals surface area contributed by atoms with Gasteiger partial charge in [0.25, 0.3) is 6.02 Å². The fourth-order valence-corrected chi connectivity index (χ4v) is 3.16. The molecule has 0 bridgehead atoms. The van der Waals surface area contributed by atoms with Crippen LogP contribution in [0.2, 0.25) is 0 Å². The molecule has 1 aromatic carbocycles. The van der Waals surface area contributed by atoms with E-state index in [2.05, 4.69) is 42.6 Å². The quantitative estimate of drug-likeness (QED) is 0.787. The van der Waals surface area contributed by atoms with Gasteiger partial charge in [0.15, 0.2) is 5.54 Å². The van der Waals surface area contributed by atoms with Crippen molar-refractivity contribution in [3.63, 3.8) is 0 Å². The predicted octanol–water partition coefficient (Wildman–Crippen LogP) is 3.18. The first-order valence-corrected chi connectivity index (χ1v) is 8.69. The number of hydrogen-bond acceptors (Lipinski definition) is 6. The first kappa shape index (κ1) is 17.2. The lowest BCUT2D eigenvalue weighted by Gasteiger charge is -2.32. The number of benzene rings is 1. The number of amidine groups is 1. The molecule has 2 aromatic rings. The first-order valence-electron chi connectivity index (χ1n) is 8.69. The molecule has 138 valence electrons. The molecule has 0 aliphatic carbocycles. The number of aromatic nitrogens is 1. The molecule has 27 heavy (non-hydrogen) atoms. The van der Waals surface area contributed by atoms with E-state index in [-0.39, 0.29) is 18.0 Å². The molecule has 0 saturated heterocycles. The van der Waals surface area contributed by atoms with Gasteiger partial charge in [0.1, 0.15) is 18.1 Å². The summed E-state index contributed by atoms with van der Waals surface area (Å²) in [5.41, 5.74) is 7.36. The maximum atomic E-state index is 6.02. The molecule has 1 aromatic heterocycles. The molecule has 0 radical (unpaired) electrons. The highest BCUT2D eigenvalue weighted by molar-refractivity contribution is 5.76. The van der Waals surface area contributed by atoms with E-state index in [4.69, 9.17) is 19.9 Å². The Labute approximate surface area is 158 Å². The van der Waals surface area contributed by atoms with E-state index < -0.39 is 5.54 Å². The Kier molecular flexibility index (Phi) is 3.77. The van der Waals surface area contributed by atoms with E-state index in [1.54, 1.807) is 13.3 Å². The van der Waals surface area contributed by atoms with Crippen molar-refractivity contribution in [1.29, 1.82) is 0 Å². The average Bonchev–Trinajstić information content (AvgIpc) is 3.02. The Balaban J connectivity index is 1.91. The summed E-state index contributed by atoms with van der Waals surface area (Å²) < 4.78 is 17.0. The van der Waals surface area contributed by atoms with E-state index in [9.17, 15) is 0 Å². The average molecular weight is 363 g/mol. The lowest BCUT2D eigenvalue weighted by atomic mass is 9.82. The van der Waals surface area contributed by atoms with Crippen LogP contribution in [0.4, 0.5) is 0 Å². The fraction of sp³-hybridized carbons (Fsp3) is 0.333. The summed E-state index contributed by atoms with van der Waals surface area (Å²) in [4.78, 5) is 9.12. The van der Waals surface area contributed by atoms with Gasteiger partial charge in [-0.25, -0.2) is 9.98 Å². The third-order valence-corrected chi connectivity index (χ3v) is 4.45. The first-order chi connectivity index (χ1) is 12.8. The van der Waals surface area contributed by atoms with E-state index in [1.165, 1.54) is 0 Å². The zero-order valence-corrected chi connectivity index (χ0v) is 15.8. The Hall–Kier alpha value is -3.20. The molecule has 1 atom stereocenters. The summed E-state index contributed by atoms with van der Waals surface area (Å²) >= 11 is 0. The molecular formula is C21H21N3O3. The third-order valence-electron chi connectivity index (χ3n) is 4.45. The van der Waals surface area contributed by atoms with Gasteiger partial charge in [0, 0.05) is 22.7 Å². The molecule has 0 saturated carbocycles. The molecule has 3 heterocycles. The van der Waals surface area contributed by atoms with Crippen molar-refractivity contribution in [2.45, 2.75) is 26.3 Å². The molecular weight excluding hydrogens is 342 g/mol. The number of pyridine rings is 1. The van der Waals surface area contributed by atoms with Gasteiger partial charge in [-0.3, -0.25) is 0 Å². The minimum Gasteiger partial charge on any atom is -0.497 e. The highest BCUT2D eigenvalue weighted by Crippen LogP contribution is 2.51. The molecule has 6 heteroatoms. The van der Waals surface area contributed by atoms with Crippen LogP contribution < -0.4 is 15.2 Å². The van der Waals surface area contributed by atoms with Crippen molar-refractivity contribution in [2.24, 2.45) is 16.1 Å². The zero-order chi connectivity index (χ0) is 19.2. The van der Waals surface area contributed by atoms with Crippen molar-refractivity contribution in [3.05, 3.63) is 47.2 Å². The van der Waals surface area contributed by atoms with Crippen LogP contribution >= 0.6 is 0 Å². The Bertz CT molecular complexity index is 1010. The van der Waals surface area contributed by atoms with Crippen LogP contribution in [0, 0.1) is 17.3 Å². The minimum atomic E-state index is -0.825. The van der Waals surface area contributed by atoms with Gasteiger partial charge < -0.3 is 19.9 Å². The van der Waals surface area contributed by atoms with E-state index in [1.807, 2.05) is 24.3 Å². The van der Waals surface area contributed by atoms with E-state index in [0.717, 1.165) is 16.7 Å². The molecule has 0 fully saturated rings. The van der Waals surface area contributed by atoms with Gasteiger partial charge in [-0.05, 0) is 45.0 Å². The van der Waals surface area contributed by atoms with Gasteiger partial charge in [-0.1, -0.05) is 11.8 Å². The number of rotatable bonds is 1. The van der Waals surface area contributed by atoms with Gasteiger partial charge in [0.2, 0.25) is 5.88 Å². The fourth-order valence-electron chi connectivity index (χ4n) is 3.16. The summed E-state index contributed by atoms with van der Waals surface area (Å²) in [5, 5.41) is 0. The second-order valence-electron chi connectivity index (χ2n) is 7.64. The zero-order valence-electron chi connectivity index (χ0n) is 15.8. The topological polar surface area (TPSA) is 79.0 Å². The van der Waals surface area contributed by atoms with Crippen LogP contribution in [-0.4, -0.2) is 24.7 Å². The maximum absolute atomic E-state index is 6.02. The summed E-state index contributed by atoms with van der Waals surface area (Å²) in [6.07, 6.45) is 1.71. The molecule has 2 aliphatic heterocycles. The van der Waals surface area contributed by atoms with Crippen molar-refractivity contribution < 1.29 is 14.2 Å². The Morgan fingerprint density at radius 2 is 2.04 bits per heavy atom. The SMILES string of the molecule is COc1ccc2c(c1)C1(COC(N)=N1)c1cc(C#CC(C)(C)C)cnc1O2. The van der Waals surface area contributed by atoms with Gasteiger partial charge >= 0.3 is 0 Å². The number of fused-ring (bicyclic) bond motifs is 4. The highest BCUT2D eigenvalue weighted by atomic mass is 16.5. The lowest BCUT2D eigenvalue weighted by molar-refractivity contribution is 0.261. The Morgan fingerprint density at radius 1 is 1.22 bits per heavy atom. The molecule has 1 spiro atoms. The molecule has 4 rings (SSSR count). The molecule has 2 aliphatic rings. The van der Waals surface area contributed by atoms with Crippen LogP contribution in [0.15, 0.2) is 35.5 Å². The minimum absolute atomic E-state index is 0.108. The smallest absolute Gasteiger partial charge is 0.283 e. The lowest BCUT2D eigenvalue weighted by Crippen LogP contribution is -2.31. The second kappa shape index (κ2) is 5.92. The number of ether oxygens (including phenoxy) is 3. The van der Waals surface area contributed by atoms with Crippen LogP contribution in [0.1, 0.15) is 37.5 Å². The van der Waals surface area contributed by atoms with E-state index in [0.29, 0.717) is 17.4 Å². The molecule has 0 amide bonds. The maximum Gasteiger partial charge on any atom is 0.283 e. The van der Waals surface area contributed by atoms with Gasteiger partial charge in [-0.2, -0.15) is 0 Å². The van der Waals surface area contributed by atoms with Crippen molar-refractivity contribution in [2.75, 3.05) is 13.7 Å². The van der Waals surface area contributed by atoms with Crippen LogP contribution in [0.3, 0.4) is 0 Å². The summed E-state index contributed by atoms with van der Waals surface area (Å²) in [6.45, 7) is 6.46. The van der Waals surface area contributed by atoms with Gasteiger partial charge in [0.05, 0.1) is 12.7 Å². The third kappa shape index (κ3) is 2.95. The van der Waals surface area contributed by atoms with Crippen molar-refractivity contribution in [3.8, 4) is 29.2 Å². The number of aliphatic imine (C=N–C) groups is 1. The van der Waals surface area contributed by atoms with Crippen LogP contribution in [-0.2, 0) is 10.3 Å². The number of nitrogens with zero attached hydrogens (tertiary/aromatic N) is 2. The summed E-state index contributed by atoms with van der Waals surface area (Å²) in [5.74, 6) is 8.26. The molecule has 1 unspecified atom stereocenters. The summed E-state index contributed by atoms with van der Waals surface area (Å²) in [7, 11) is 1.62. The van der Waals surface area contributed by atoms with E-state index >= 15 is 0 Å². The van der Waals surface area contributed by atoms with Crippen molar-refractivity contribution >= 4 is 6.02 Å². The summed E-state index contributed by atoms with van der Waals surface area (Å²) in [6, 6.07) is 7.68. The molecule has 6 nitrogen and oxygen atoms in total. The van der Waals surface area contributed by atoms with Gasteiger partial charge in [-0.15, -0.1) is 0 Å². The Morgan fingerprint density at radius 3 is 2.70 bits per heavy atom. The predicted molar refractivity (Wildman–Crippen MR) is 102 cm³/mol. The number of methoxy groups -OCH3 is 1. The number of hydrogen-bond donors (Lipinski definition) is 1. The monoisotopic (exact) mass is 363 g/mol. The largest absolute Gasteiger partial charge is 0.497 e. The van der Waals surface area contributed by atoms with Crippen molar-refractivity contribution in [1.82, 2.24) is 4.98 Å².